The summed E-state index contributed by atoms with van der Waals surface area (Å²) in [6, 6.07) is 7.07. The van der Waals surface area contributed by atoms with E-state index < -0.39 is 17.4 Å². The number of rotatable bonds is 12. The van der Waals surface area contributed by atoms with Gasteiger partial charge >= 0.3 is 5.97 Å². The maximum absolute atomic E-state index is 12.9. The number of nitrogens with zero attached hydrogens (tertiary/aromatic N) is 3. The standard InChI is InChI=1S/C25H31N5O4S3.2ClH/c1-26-11-7-13-30(2,3)12-6-8-16-14-35-23-20(22(32)29(23)21(16)24(33)34)28-19(31)15-36-25-27-17-9-4-5-10-18(17)37-25;;/h4-6,8-10,20,23,26H,7,11-15H2,1-3H3,(H-,28,31,33,34);2*1H/t20-,23-;;/m1../s1. The van der Waals surface area contributed by atoms with Crippen LogP contribution in [0.2, 0.25) is 0 Å². The SMILES string of the molecule is CNCCC[N+](C)(C)CC=CC1=C(C(=O)O)N2C(=O)[C@@H](NC(=O)CSc3nc4ccccc4s3)[C@H]2SC1.Cl.[Cl-]. The van der Waals surface area contributed by atoms with Crippen LogP contribution in [0.15, 0.2) is 52.0 Å². The molecule has 0 unspecified atom stereocenters. The lowest BCUT2D eigenvalue weighted by atomic mass is 10.0. The van der Waals surface area contributed by atoms with E-state index in [1.807, 2.05) is 43.5 Å². The molecular formula is C25H33Cl2N5O4S3. The molecule has 1 aromatic carbocycles. The van der Waals surface area contributed by atoms with Crippen molar-refractivity contribution >= 4 is 75.3 Å². The minimum Gasteiger partial charge on any atom is -1.00 e. The number of thioether (sulfide) groups is 2. The van der Waals surface area contributed by atoms with Gasteiger partial charge in [-0.15, -0.1) is 35.5 Å². The number of allylic oxidation sites excluding steroid dienone is 1. The van der Waals surface area contributed by atoms with Crippen LogP contribution in [0.4, 0.5) is 0 Å². The van der Waals surface area contributed by atoms with Gasteiger partial charge in [-0.25, -0.2) is 9.78 Å². The number of carbonyl (C=O) groups excluding carboxylic acids is 2. The Bertz CT molecular complexity index is 1220. The highest BCUT2D eigenvalue weighted by Gasteiger charge is 2.53. The van der Waals surface area contributed by atoms with Crippen LogP contribution in [0, 0.1) is 0 Å². The average Bonchev–Trinajstić information content (AvgIpc) is 3.28. The topological polar surface area (TPSA) is 112 Å². The molecule has 0 radical (unpaired) electrons. The summed E-state index contributed by atoms with van der Waals surface area (Å²) >= 11 is 4.33. The molecule has 0 bridgehead atoms. The van der Waals surface area contributed by atoms with Crippen molar-refractivity contribution in [3.8, 4) is 0 Å². The van der Waals surface area contributed by atoms with E-state index in [1.165, 1.54) is 39.8 Å². The van der Waals surface area contributed by atoms with Crippen molar-refractivity contribution in [2.45, 2.75) is 22.2 Å². The lowest BCUT2D eigenvalue weighted by molar-refractivity contribution is -0.884. The summed E-state index contributed by atoms with van der Waals surface area (Å²) in [6.07, 6.45) is 4.87. The number of β-lactam (4-membered cyclic amide) rings is 1. The molecule has 2 atom stereocenters. The molecule has 4 rings (SSSR count). The molecular weight excluding hydrogens is 601 g/mol. The fourth-order valence-electron chi connectivity index (χ4n) is 4.28. The number of para-hydroxylation sites is 1. The second-order valence-corrected chi connectivity index (χ2v) is 12.9. The summed E-state index contributed by atoms with van der Waals surface area (Å²) in [5, 5.41) is 15.4. The molecule has 3 heterocycles. The lowest BCUT2D eigenvalue weighted by Gasteiger charge is -2.49. The van der Waals surface area contributed by atoms with Crippen molar-refractivity contribution in [1.82, 2.24) is 20.5 Å². The van der Waals surface area contributed by atoms with Crippen molar-refractivity contribution in [3.05, 3.63) is 47.7 Å². The number of carbonyl (C=O) groups is 3. The number of aliphatic carboxylic acids is 1. The Balaban J connectivity index is 0.00000267. The van der Waals surface area contributed by atoms with E-state index in [1.54, 1.807) is 0 Å². The molecule has 1 saturated heterocycles. The minimum absolute atomic E-state index is 0. The maximum Gasteiger partial charge on any atom is 0.352 e. The predicted molar refractivity (Wildman–Crippen MR) is 157 cm³/mol. The van der Waals surface area contributed by atoms with Crippen molar-refractivity contribution in [1.29, 1.82) is 0 Å². The van der Waals surface area contributed by atoms with Crippen LogP contribution in [0.5, 0.6) is 0 Å². The van der Waals surface area contributed by atoms with Gasteiger partial charge in [0.1, 0.15) is 17.1 Å². The molecule has 9 nitrogen and oxygen atoms in total. The summed E-state index contributed by atoms with van der Waals surface area (Å²) < 4.78 is 2.64. The van der Waals surface area contributed by atoms with Crippen LogP contribution in [0.25, 0.3) is 10.2 Å². The third-order valence-corrected chi connectivity index (χ3v) is 9.71. The summed E-state index contributed by atoms with van der Waals surface area (Å²) in [5.74, 6) is -1.18. The van der Waals surface area contributed by atoms with Gasteiger partial charge < -0.3 is 32.6 Å². The van der Waals surface area contributed by atoms with Crippen LogP contribution < -0.4 is 23.0 Å². The summed E-state index contributed by atoms with van der Waals surface area (Å²) in [7, 11) is 6.21. The van der Waals surface area contributed by atoms with Gasteiger partial charge in [0.05, 0.1) is 43.2 Å². The molecule has 2 aliphatic rings. The Morgan fingerprint density at radius 3 is 2.74 bits per heavy atom. The lowest BCUT2D eigenvalue weighted by Crippen LogP contribution is -3.00. The maximum atomic E-state index is 12.9. The van der Waals surface area contributed by atoms with E-state index in [2.05, 4.69) is 29.7 Å². The van der Waals surface area contributed by atoms with Gasteiger partial charge in [0, 0.05) is 18.7 Å². The highest BCUT2D eigenvalue weighted by atomic mass is 35.5. The van der Waals surface area contributed by atoms with Gasteiger partial charge in [-0.05, 0) is 30.8 Å². The zero-order valence-corrected chi connectivity index (χ0v) is 25.9. The average molecular weight is 635 g/mol. The number of fused-ring (bicyclic) bond motifs is 2. The molecule has 1 aromatic heterocycles. The Labute approximate surface area is 253 Å². The first kappa shape index (κ1) is 33.4. The van der Waals surface area contributed by atoms with Crippen molar-refractivity contribution in [3.63, 3.8) is 0 Å². The second-order valence-electron chi connectivity index (χ2n) is 9.57. The van der Waals surface area contributed by atoms with Gasteiger partial charge in [0.15, 0.2) is 4.34 Å². The summed E-state index contributed by atoms with van der Waals surface area (Å²) in [4.78, 5) is 43.4. The number of benzene rings is 1. The third kappa shape index (κ3) is 8.12. The van der Waals surface area contributed by atoms with E-state index in [9.17, 15) is 19.5 Å². The number of quaternary nitrogens is 1. The van der Waals surface area contributed by atoms with Gasteiger partial charge in [-0.2, -0.15) is 0 Å². The van der Waals surface area contributed by atoms with E-state index >= 15 is 0 Å². The molecule has 2 amide bonds. The highest BCUT2D eigenvalue weighted by Crippen LogP contribution is 2.40. The molecule has 14 heteroatoms. The highest BCUT2D eigenvalue weighted by molar-refractivity contribution is 8.01. The van der Waals surface area contributed by atoms with Gasteiger partial charge in [0.25, 0.3) is 5.91 Å². The Hall–Kier alpha value is -1.80. The summed E-state index contributed by atoms with van der Waals surface area (Å²) in [5.41, 5.74) is 1.53. The molecule has 3 N–H and O–H groups in total. The molecule has 0 aliphatic carbocycles. The normalized spacial score (nSPS) is 18.8. The van der Waals surface area contributed by atoms with Crippen LogP contribution in [0.3, 0.4) is 0 Å². The number of carboxylic acids is 1. The number of nitrogens with one attached hydrogen (secondary N) is 2. The van der Waals surface area contributed by atoms with E-state index in [0.717, 1.165) is 45.1 Å². The quantitative estimate of drug-likeness (QED) is 0.128. The minimum atomic E-state index is -1.13. The number of thiazole rings is 1. The van der Waals surface area contributed by atoms with Crippen molar-refractivity contribution in [2.24, 2.45) is 0 Å². The van der Waals surface area contributed by atoms with Crippen molar-refractivity contribution < 1.29 is 36.4 Å². The monoisotopic (exact) mass is 633 g/mol. The molecule has 0 saturated carbocycles. The molecule has 2 aliphatic heterocycles. The molecule has 1 fully saturated rings. The fraction of sp³-hybridized carbons (Fsp3) is 0.440. The van der Waals surface area contributed by atoms with Crippen LogP contribution in [0.1, 0.15) is 6.42 Å². The van der Waals surface area contributed by atoms with E-state index in [4.69, 9.17) is 0 Å². The Kier molecular flexibility index (Phi) is 12.6. The smallest absolute Gasteiger partial charge is 0.352 e. The number of aromatic nitrogens is 1. The van der Waals surface area contributed by atoms with Gasteiger partial charge in [-0.1, -0.05) is 30.0 Å². The first-order valence-electron chi connectivity index (χ1n) is 12.0. The predicted octanol–water partition coefficient (Wildman–Crippen LogP) is -0.205. The number of likely N-dealkylation sites (N-methyl/N-ethyl adjacent to an activating group) is 1. The molecule has 214 valence electrons. The zero-order chi connectivity index (χ0) is 26.6. The van der Waals surface area contributed by atoms with Gasteiger partial charge in [0.2, 0.25) is 5.91 Å². The second kappa shape index (κ2) is 14.7. The number of carboxylic acid groups (broad SMARTS) is 1. The van der Waals surface area contributed by atoms with Crippen LogP contribution in [-0.4, -0.2) is 101 Å². The molecule has 39 heavy (non-hydrogen) atoms. The van der Waals surface area contributed by atoms with Crippen LogP contribution in [-0.2, 0) is 14.4 Å². The van der Waals surface area contributed by atoms with Crippen molar-refractivity contribution in [2.75, 3.05) is 52.3 Å². The number of hydrogen-bond donors (Lipinski definition) is 3. The number of amides is 2. The van der Waals surface area contributed by atoms with E-state index in [-0.39, 0.29) is 48.1 Å². The first-order chi connectivity index (χ1) is 17.7. The van der Waals surface area contributed by atoms with E-state index in [0.29, 0.717) is 11.3 Å². The van der Waals surface area contributed by atoms with Crippen LogP contribution >= 0.6 is 47.3 Å². The Morgan fingerprint density at radius 2 is 2.05 bits per heavy atom. The summed E-state index contributed by atoms with van der Waals surface area (Å²) in [6.45, 7) is 2.70. The zero-order valence-electron chi connectivity index (χ0n) is 21.9. The molecule has 2 aromatic rings. The largest absolute Gasteiger partial charge is 1.00 e. The first-order valence-corrected chi connectivity index (χ1v) is 14.9. The third-order valence-electron chi connectivity index (χ3n) is 6.23. The number of hydrogen-bond acceptors (Lipinski definition) is 8. The fourth-order valence-corrected chi connectivity index (χ4v) is 7.48. The number of halogens is 2. The Morgan fingerprint density at radius 1 is 1.31 bits per heavy atom. The molecule has 0 spiro atoms. The van der Waals surface area contributed by atoms with Gasteiger partial charge in [-0.3, -0.25) is 14.5 Å².